The summed E-state index contributed by atoms with van der Waals surface area (Å²) in [5.41, 5.74) is 0.924. The van der Waals surface area contributed by atoms with E-state index in [4.69, 9.17) is 0 Å². The van der Waals surface area contributed by atoms with Crippen LogP contribution in [0.5, 0.6) is 0 Å². The van der Waals surface area contributed by atoms with Crippen molar-refractivity contribution < 1.29 is 17.0 Å². The average Bonchev–Trinajstić information content (AvgIpc) is 2.01. The van der Waals surface area contributed by atoms with Gasteiger partial charge in [0.15, 0.2) is 0 Å². The van der Waals surface area contributed by atoms with Gasteiger partial charge in [-0.15, -0.1) is 0 Å². The smallest absolute Gasteiger partial charge is 1.00 e. The van der Waals surface area contributed by atoms with Crippen LogP contribution in [0.2, 0.25) is 0 Å². The molecule has 0 heterocycles. The number of hydrogen-bond acceptors (Lipinski definition) is 0. The molecule has 0 saturated heterocycles. The van der Waals surface area contributed by atoms with Gasteiger partial charge >= 0.3 is 23.1 Å². The maximum Gasteiger partial charge on any atom is 2.00 e. The zero-order valence-electron chi connectivity index (χ0n) is 11.9. The quantitative estimate of drug-likeness (QED) is 0.467. The number of halogens is 1. The molecular formula is C14H27BrMg. The van der Waals surface area contributed by atoms with Gasteiger partial charge in [0.25, 0.3) is 0 Å². The van der Waals surface area contributed by atoms with E-state index in [1.807, 2.05) is 0 Å². The van der Waals surface area contributed by atoms with Gasteiger partial charge in [-0.2, -0.15) is 11.8 Å². The van der Waals surface area contributed by atoms with Crippen LogP contribution in [0.4, 0.5) is 0 Å². The summed E-state index contributed by atoms with van der Waals surface area (Å²) < 4.78 is 0. The van der Waals surface area contributed by atoms with Gasteiger partial charge in [0.05, 0.1) is 0 Å². The van der Waals surface area contributed by atoms with Crippen LogP contribution in [0.15, 0.2) is 0 Å². The molecule has 0 aromatic rings. The summed E-state index contributed by atoms with van der Waals surface area (Å²) in [4.78, 5) is 0. The van der Waals surface area contributed by atoms with Gasteiger partial charge in [0.2, 0.25) is 0 Å². The fourth-order valence-electron chi connectivity index (χ4n) is 2.47. The average molecular weight is 300 g/mol. The molecule has 0 radical (unpaired) electrons. The van der Waals surface area contributed by atoms with Gasteiger partial charge in [0, 0.05) is 0 Å². The van der Waals surface area contributed by atoms with Crippen molar-refractivity contribution in [2.45, 2.75) is 60.8 Å². The Labute approximate surface area is 129 Å². The second kappa shape index (κ2) is 6.99. The third-order valence-electron chi connectivity index (χ3n) is 3.72. The standard InChI is InChI=1S/C14H27.BrH.Mg/c1-13(2,3)11-8-7-9-12(10-11)14(4,5)6;;/h10-12H,7-9H2,1-6H3;1H;/q-1;;+2/p-1. The molecule has 2 heteroatoms. The van der Waals surface area contributed by atoms with Gasteiger partial charge in [-0.3, -0.25) is 0 Å². The van der Waals surface area contributed by atoms with Crippen LogP contribution in [-0.4, -0.2) is 23.1 Å². The minimum Gasteiger partial charge on any atom is -1.00 e. The first kappa shape index (κ1) is 19.6. The molecule has 0 N–H and O–H groups in total. The van der Waals surface area contributed by atoms with Crippen molar-refractivity contribution in [2.24, 2.45) is 22.7 Å². The maximum atomic E-state index is 2.64. The van der Waals surface area contributed by atoms with Crippen molar-refractivity contribution in [3.63, 3.8) is 0 Å². The second-order valence-corrected chi connectivity index (χ2v) is 7.07. The maximum absolute atomic E-state index is 2.64. The Bertz CT molecular complexity index is 168. The van der Waals surface area contributed by atoms with E-state index < -0.39 is 0 Å². The molecular weight excluding hydrogens is 272 g/mol. The van der Waals surface area contributed by atoms with E-state index in [0.29, 0.717) is 10.8 Å². The Morgan fingerprint density at radius 2 is 1.12 bits per heavy atom. The first-order valence-electron chi connectivity index (χ1n) is 6.06. The fourth-order valence-corrected chi connectivity index (χ4v) is 2.47. The minimum atomic E-state index is 0. The summed E-state index contributed by atoms with van der Waals surface area (Å²) in [5, 5.41) is 0. The van der Waals surface area contributed by atoms with E-state index in [9.17, 15) is 0 Å². The minimum absolute atomic E-state index is 0. The molecule has 1 rings (SSSR count). The van der Waals surface area contributed by atoms with Crippen molar-refractivity contribution in [3.05, 3.63) is 6.42 Å². The van der Waals surface area contributed by atoms with Gasteiger partial charge in [-0.05, 0) is 0 Å². The van der Waals surface area contributed by atoms with Crippen LogP contribution < -0.4 is 17.0 Å². The van der Waals surface area contributed by atoms with E-state index in [1.54, 1.807) is 0 Å². The van der Waals surface area contributed by atoms with Crippen molar-refractivity contribution in [1.29, 1.82) is 0 Å². The number of hydrogen-bond donors (Lipinski definition) is 0. The van der Waals surface area contributed by atoms with E-state index in [-0.39, 0.29) is 40.0 Å². The van der Waals surface area contributed by atoms with Gasteiger partial charge in [-0.25, -0.2) is 0 Å². The Kier molecular flexibility index (Phi) is 8.55. The summed E-state index contributed by atoms with van der Waals surface area (Å²) in [7, 11) is 0. The predicted octanol–water partition coefficient (Wildman–Crippen LogP) is 1.32. The van der Waals surface area contributed by atoms with E-state index in [0.717, 1.165) is 11.8 Å². The van der Waals surface area contributed by atoms with Gasteiger partial charge in [-0.1, -0.05) is 71.6 Å². The molecule has 16 heavy (non-hydrogen) atoms. The van der Waals surface area contributed by atoms with Crippen LogP contribution in [0, 0.1) is 29.1 Å². The SMILES string of the molecule is CC(C)(C)C1[CH-]C(C(C)(C)C)CCC1.[Br-].[Mg+2]. The summed E-state index contributed by atoms with van der Waals surface area (Å²) in [6.07, 6.45) is 6.86. The van der Waals surface area contributed by atoms with Crippen molar-refractivity contribution in [2.75, 3.05) is 0 Å². The van der Waals surface area contributed by atoms with Crippen molar-refractivity contribution in [1.82, 2.24) is 0 Å². The predicted molar refractivity (Wildman–Crippen MR) is 69.8 cm³/mol. The second-order valence-electron chi connectivity index (χ2n) is 7.07. The molecule has 2 atom stereocenters. The molecule has 0 aromatic carbocycles. The summed E-state index contributed by atoms with van der Waals surface area (Å²) >= 11 is 0. The third-order valence-corrected chi connectivity index (χ3v) is 3.72. The zero-order chi connectivity index (χ0) is 11.0. The fraction of sp³-hybridized carbons (Fsp3) is 0.929. The molecule has 0 aromatic heterocycles. The molecule has 0 spiro atoms. The molecule has 1 aliphatic carbocycles. The summed E-state index contributed by atoms with van der Waals surface area (Å²) in [6.45, 7) is 14.2. The van der Waals surface area contributed by atoms with E-state index in [1.165, 1.54) is 19.3 Å². The Morgan fingerprint density at radius 3 is 1.38 bits per heavy atom. The monoisotopic (exact) mass is 298 g/mol. The zero-order valence-corrected chi connectivity index (χ0v) is 14.9. The Hall–Kier alpha value is 1.25. The molecule has 0 amide bonds. The third kappa shape index (κ3) is 5.73. The molecule has 0 bridgehead atoms. The van der Waals surface area contributed by atoms with Crippen LogP contribution in [0.1, 0.15) is 60.8 Å². The number of rotatable bonds is 0. The van der Waals surface area contributed by atoms with Crippen molar-refractivity contribution >= 4 is 23.1 Å². The van der Waals surface area contributed by atoms with Crippen LogP contribution >= 0.6 is 0 Å². The van der Waals surface area contributed by atoms with Crippen LogP contribution in [0.3, 0.4) is 0 Å². The molecule has 1 fully saturated rings. The molecule has 0 nitrogen and oxygen atoms in total. The molecule has 92 valence electrons. The first-order chi connectivity index (χ1) is 6.21. The molecule has 1 aliphatic rings. The first-order valence-corrected chi connectivity index (χ1v) is 6.06. The van der Waals surface area contributed by atoms with Crippen LogP contribution in [0.25, 0.3) is 0 Å². The van der Waals surface area contributed by atoms with Gasteiger partial charge < -0.3 is 23.4 Å². The Morgan fingerprint density at radius 1 is 0.812 bits per heavy atom. The van der Waals surface area contributed by atoms with Crippen LogP contribution in [-0.2, 0) is 0 Å². The Balaban J connectivity index is 0. The van der Waals surface area contributed by atoms with E-state index >= 15 is 0 Å². The van der Waals surface area contributed by atoms with Gasteiger partial charge in [0.1, 0.15) is 0 Å². The topological polar surface area (TPSA) is 0 Å². The van der Waals surface area contributed by atoms with E-state index in [2.05, 4.69) is 48.0 Å². The summed E-state index contributed by atoms with van der Waals surface area (Å²) in [6, 6.07) is 0. The largest absolute Gasteiger partial charge is 2.00 e. The molecule has 0 aliphatic heterocycles. The normalized spacial score (nSPS) is 26.6. The molecule has 1 saturated carbocycles. The van der Waals surface area contributed by atoms with Crippen molar-refractivity contribution in [3.8, 4) is 0 Å². The molecule has 2 unspecified atom stereocenters. The summed E-state index contributed by atoms with van der Waals surface area (Å²) in [5.74, 6) is 1.64.